The van der Waals surface area contributed by atoms with Crippen LogP contribution in [0.1, 0.15) is 118 Å². The zero-order valence-electron chi connectivity index (χ0n) is 21.2. The van der Waals surface area contributed by atoms with E-state index in [1.807, 2.05) is 0 Å². The highest BCUT2D eigenvalue weighted by molar-refractivity contribution is 5.39. The summed E-state index contributed by atoms with van der Waals surface area (Å²) in [6.45, 7) is 4.30. The molecule has 0 N–H and O–H groups in total. The van der Waals surface area contributed by atoms with E-state index in [4.69, 9.17) is 0 Å². The molecule has 184 valence electrons. The van der Waals surface area contributed by atoms with Gasteiger partial charge in [0.2, 0.25) is 0 Å². The summed E-state index contributed by atoms with van der Waals surface area (Å²) in [6.07, 6.45) is 18.6. The Morgan fingerprint density at radius 3 is 2.35 bits per heavy atom. The summed E-state index contributed by atoms with van der Waals surface area (Å²) in [7, 11) is 0. The number of hydrogen-bond donors (Lipinski definition) is 0. The van der Waals surface area contributed by atoms with E-state index in [9.17, 15) is 0 Å². The molecule has 1 unspecified atom stereocenters. The molecule has 0 aromatic heterocycles. The van der Waals surface area contributed by atoms with Gasteiger partial charge in [0, 0.05) is 5.56 Å². The van der Waals surface area contributed by atoms with Gasteiger partial charge in [0.05, 0.1) is 0 Å². The third-order valence-corrected chi connectivity index (χ3v) is 8.38. The molecule has 4 rings (SSSR count). The molecule has 0 bridgehead atoms. The van der Waals surface area contributed by atoms with Crippen molar-refractivity contribution >= 4 is 0 Å². The lowest BCUT2D eigenvalue weighted by molar-refractivity contribution is 0.302. The molecule has 1 fully saturated rings. The van der Waals surface area contributed by atoms with E-state index >= 15 is 8.78 Å². The summed E-state index contributed by atoms with van der Waals surface area (Å²) in [5, 5.41) is 0. The van der Waals surface area contributed by atoms with Crippen LogP contribution in [0, 0.1) is 17.6 Å². The summed E-state index contributed by atoms with van der Waals surface area (Å²) in [4.78, 5) is 0. The molecule has 2 heteroatoms. The van der Waals surface area contributed by atoms with Crippen molar-refractivity contribution in [1.82, 2.24) is 0 Å². The zero-order chi connectivity index (χ0) is 23.9. The van der Waals surface area contributed by atoms with Gasteiger partial charge in [0.1, 0.15) is 11.6 Å². The first-order chi connectivity index (χ1) is 16.6. The maximum atomic E-state index is 15.3. The van der Waals surface area contributed by atoms with Gasteiger partial charge in [-0.3, -0.25) is 0 Å². The Kier molecular flexibility index (Phi) is 8.98. The predicted octanol–water partition coefficient (Wildman–Crippen LogP) is 9.60. The molecule has 0 nitrogen and oxygen atoms in total. The van der Waals surface area contributed by atoms with Gasteiger partial charge in [-0.25, -0.2) is 8.78 Å². The Labute approximate surface area is 205 Å². The number of aryl methyl sites for hydroxylation is 2. The maximum absolute atomic E-state index is 15.3. The van der Waals surface area contributed by atoms with E-state index in [2.05, 4.69) is 44.2 Å². The highest BCUT2D eigenvalue weighted by Crippen LogP contribution is 2.41. The fourth-order valence-electron chi connectivity index (χ4n) is 6.32. The lowest BCUT2D eigenvalue weighted by atomic mass is 9.75. The van der Waals surface area contributed by atoms with Gasteiger partial charge in [0.15, 0.2) is 0 Å². The second-order valence-corrected chi connectivity index (χ2v) is 10.8. The minimum absolute atomic E-state index is 0.0651. The molecule has 0 radical (unpaired) electrons. The Hall–Kier alpha value is -1.96. The van der Waals surface area contributed by atoms with Crippen LogP contribution in [-0.2, 0) is 19.3 Å². The summed E-state index contributed by atoms with van der Waals surface area (Å²) in [6, 6.07) is 10.0. The molecule has 0 heterocycles. The molecule has 0 aliphatic heterocycles. The quantitative estimate of drug-likeness (QED) is 0.256. The fraction of sp³-hybridized carbons (Fsp3) is 0.562. The first kappa shape index (κ1) is 25.1. The molecule has 1 saturated carbocycles. The molecule has 2 aliphatic rings. The van der Waals surface area contributed by atoms with Crippen LogP contribution in [0.4, 0.5) is 8.78 Å². The normalized spacial score (nSPS) is 22.8. The Bertz CT molecular complexity index is 942. The molecule has 2 aromatic carbocycles. The molecule has 0 spiro atoms. The minimum Gasteiger partial charge on any atom is -0.207 e. The molecular weight excluding hydrogens is 422 g/mol. The maximum Gasteiger partial charge on any atom is 0.129 e. The molecule has 2 aliphatic carbocycles. The van der Waals surface area contributed by atoms with Crippen molar-refractivity contribution < 1.29 is 8.78 Å². The van der Waals surface area contributed by atoms with Crippen molar-refractivity contribution in [1.29, 1.82) is 0 Å². The highest BCUT2D eigenvalue weighted by atomic mass is 19.1. The minimum atomic E-state index is -0.323. The number of hydrogen-bond acceptors (Lipinski definition) is 0. The number of allylic oxidation sites excluding steroid dienone is 2. The van der Waals surface area contributed by atoms with E-state index in [1.54, 1.807) is 12.1 Å². The summed E-state index contributed by atoms with van der Waals surface area (Å²) in [5.41, 5.74) is 5.18. The number of rotatable bonds is 9. The van der Waals surface area contributed by atoms with Gasteiger partial charge in [-0.2, -0.15) is 0 Å². The smallest absolute Gasteiger partial charge is 0.129 e. The van der Waals surface area contributed by atoms with Crippen LogP contribution < -0.4 is 0 Å². The van der Waals surface area contributed by atoms with Crippen molar-refractivity contribution in [3.05, 3.63) is 81.9 Å². The van der Waals surface area contributed by atoms with Gasteiger partial charge >= 0.3 is 0 Å². The molecule has 2 aromatic rings. The molecule has 0 saturated heterocycles. The Balaban J connectivity index is 1.40. The molecule has 34 heavy (non-hydrogen) atoms. The Morgan fingerprint density at radius 1 is 0.882 bits per heavy atom. The third-order valence-electron chi connectivity index (χ3n) is 8.38. The SMILES string of the molecule is C/C=C/CCc1ccc2c(c1)CCC(c1c(F)cc(C3CCC(CCCCC)CC3)cc1F)C2. The number of unbranched alkanes of at least 4 members (excludes halogenated alkanes) is 2. The van der Waals surface area contributed by atoms with Gasteiger partial charge < -0.3 is 0 Å². The first-order valence-corrected chi connectivity index (χ1v) is 13.8. The first-order valence-electron chi connectivity index (χ1n) is 13.8. The van der Waals surface area contributed by atoms with Crippen LogP contribution in [0.15, 0.2) is 42.5 Å². The van der Waals surface area contributed by atoms with Crippen LogP contribution in [0.2, 0.25) is 0 Å². The van der Waals surface area contributed by atoms with Crippen LogP contribution in [-0.4, -0.2) is 0 Å². The average Bonchev–Trinajstić information content (AvgIpc) is 2.84. The second kappa shape index (κ2) is 12.1. The van der Waals surface area contributed by atoms with Gasteiger partial charge in [0.25, 0.3) is 0 Å². The molecule has 0 amide bonds. The third kappa shape index (κ3) is 6.18. The van der Waals surface area contributed by atoms with Gasteiger partial charge in [-0.05, 0) is 117 Å². The van der Waals surface area contributed by atoms with Crippen molar-refractivity contribution in [2.45, 2.75) is 109 Å². The lowest BCUT2D eigenvalue weighted by Gasteiger charge is -2.30. The van der Waals surface area contributed by atoms with Crippen LogP contribution in [0.5, 0.6) is 0 Å². The fourth-order valence-corrected chi connectivity index (χ4v) is 6.32. The van der Waals surface area contributed by atoms with Crippen molar-refractivity contribution in [2.75, 3.05) is 0 Å². The monoisotopic (exact) mass is 464 g/mol. The number of halogens is 2. The summed E-state index contributed by atoms with van der Waals surface area (Å²) >= 11 is 0. The topological polar surface area (TPSA) is 0 Å². The van der Waals surface area contributed by atoms with Crippen molar-refractivity contribution in [3.63, 3.8) is 0 Å². The van der Waals surface area contributed by atoms with E-state index in [0.717, 1.165) is 56.4 Å². The van der Waals surface area contributed by atoms with Crippen molar-refractivity contribution in [3.8, 4) is 0 Å². The van der Waals surface area contributed by atoms with E-state index in [0.29, 0.717) is 11.5 Å². The standard InChI is InChI=1S/C32H42F2/c1-3-5-7-9-23-11-14-25(15-12-23)29-21-30(33)32(31(34)22-29)28-18-17-26-19-24(10-8-6-4-2)13-16-27(26)20-28/h4,6,13,16,19,21-23,25,28H,3,5,7-12,14-15,17-18,20H2,1-2H3/b6-4+. The summed E-state index contributed by atoms with van der Waals surface area (Å²) < 4.78 is 30.6. The lowest BCUT2D eigenvalue weighted by Crippen LogP contribution is -2.17. The van der Waals surface area contributed by atoms with Crippen LogP contribution >= 0.6 is 0 Å². The number of benzene rings is 2. The van der Waals surface area contributed by atoms with Gasteiger partial charge in [-0.15, -0.1) is 0 Å². The Morgan fingerprint density at radius 2 is 1.65 bits per heavy atom. The van der Waals surface area contributed by atoms with Crippen LogP contribution in [0.3, 0.4) is 0 Å². The van der Waals surface area contributed by atoms with Crippen molar-refractivity contribution in [2.24, 2.45) is 5.92 Å². The second-order valence-electron chi connectivity index (χ2n) is 10.8. The highest BCUT2D eigenvalue weighted by Gasteiger charge is 2.28. The van der Waals surface area contributed by atoms with E-state index in [1.165, 1.54) is 55.2 Å². The molecular formula is C32H42F2. The van der Waals surface area contributed by atoms with Crippen LogP contribution in [0.25, 0.3) is 0 Å². The molecule has 1 atom stereocenters. The average molecular weight is 465 g/mol. The van der Waals surface area contributed by atoms with Gasteiger partial charge in [-0.1, -0.05) is 63.0 Å². The number of fused-ring (bicyclic) bond motifs is 1. The van der Waals surface area contributed by atoms with E-state index in [-0.39, 0.29) is 17.6 Å². The van der Waals surface area contributed by atoms with E-state index < -0.39 is 0 Å². The predicted molar refractivity (Wildman–Crippen MR) is 140 cm³/mol. The largest absolute Gasteiger partial charge is 0.207 e. The summed E-state index contributed by atoms with van der Waals surface area (Å²) in [5.74, 6) is 0.411. The zero-order valence-corrected chi connectivity index (χ0v) is 21.2.